The zero-order valence-electron chi connectivity index (χ0n) is 4.34. The van der Waals surface area contributed by atoms with Crippen LogP contribution in [-0.2, 0) is 9.47 Å². The average Bonchev–Trinajstić information content (AvgIpc) is 2.19. The molecule has 0 amide bonds. The summed E-state index contributed by atoms with van der Waals surface area (Å²) < 4.78 is 9.81. The number of halogens is 1. The van der Waals surface area contributed by atoms with E-state index in [2.05, 4.69) is 0 Å². The van der Waals surface area contributed by atoms with Gasteiger partial charge in [-0.15, -0.1) is 11.6 Å². The molecule has 0 aromatic rings. The van der Waals surface area contributed by atoms with Crippen molar-refractivity contribution in [2.75, 3.05) is 5.88 Å². The van der Waals surface area contributed by atoms with Crippen molar-refractivity contribution in [2.45, 2.75) is 12.7 Å². The van der Waals surface area contributed by atoms with Crippen LogP contribution in [0.15, 0.2) is 12.5 Å². The zero-order chi connectivity index (χ0) is 5.82. The molecule has 46 valence electrons. The molecule has 0 radical (unpaired) electrons. The molecule has 0 aromatic heterocycles. The average molecular weight is 135 g/mol. The number of hydrogen-bond acceptors (Lipinski definition) is 2. The van der Waals surface area contributed by atoms with E-state index in [1.807, 2.05) is 0 Å². The summed E-state index contributed by atoms with van der Waals surface area (Å²) in [6.07, 6.45) is 3.66. The Hall–Kier alpha value is -0.370. The lowest BCUT2D eigenvalue weighted by Gasteiger charge is -2.05. The summed E-state index contributed by atoms with van der Waals surface area (Å²) in [5.74, 6) is 0.576. The van der Waals surface area contributed by atoms with Crippen LogP contribution in [-0.4, -0.2) is 12.2 Å². The van der Waals surface area contributed by atoms with Crippen LogP contribution in [0, 0.1) is 0 Å². The Bertz CT molecular complexity index is 84.4. The molecule has 2 nitrogen and oxygen atoms in total. The summed E-state index contributed by atoms with van der Waals surface area (Å²) in [6.45, 7) is 0. The summed E-state index contributed by atoms with van der Waals surface area (Å²) in [7, 11) is 0. The highest BCUT2D eigenvalue weighted by Gasteiger charge is 2.09. The Morgan fingerprint density at radius 2 is 2.00 bits per heavy atom. The quantitative estimate of drug-likeness (QED) is 0.533. The second-order valence-electron chi connectivity index (χ2n) is 1.45. The van der Waals surface area contributed by atoms with Gasteiger partial charge in [-0.05, 0) is 0 Å². The first-order valence-corrected chi connectivity index (χ1v) is 2.99. The van der Waals surface area contributed by atoms with E-state index >= 15 is 0 Å². The van der Waals surface area contributed by atoms with Gasteiger partial charge in [0, 0.05) is 12.3 Å². The molecule has 1 aliphatic rings. The lowest BCUT2D eigenvalue weighted by atomic mass is 10.5. The summed E-state index contributed by atoms with van der Waals surface area (Å²) in [5.41, 5.74) is 0. The molecule has 0 aromatic carbocycles. The van der Waals surface area contributed by atoms with Crippen molar-refractivity contribution in [3.63, 3.8) is 0 Å². The SMILES string of the molecule is ClCCC1OC=CO1. The van der Waals surface area contributed by atoms with E-state index < -0.39 is 0 Å². The van der Waals surface area contributed by atoms with Gasteiger partial charge in [0.1, 0.15) is 12.5 Å². The molecule has 0 bridgehead atoms. The Morgan fingerprint density at radius 1 is 1.38 bits per heavy atom. The van der Waals surface area contributed by atoms with Gasteiger partial charge in [0.2, 0.25) is 6.29 Å². The minimum absolute atomic E-state index is 0.132. The summed E-state index contributed by atoms with van der Waals surface area (Å²) in [6, 6.07) is 0. The van der Waals surface area contributed by atoms with E-state index in [-0.39, 0.29) is 6.29 Å². The van der Waals surface area contributed by atoms with Crippen LogP contribution in [0.2, 0.25) is 0 Å². The van der Waals surface area contributed by atoms with E-state index in [0.717, 1.165) is 6.42 Å². The molecule has 1 rings (SSSR count). The third-order valence-corrected chi connectivity index (χ3v) is 1.08. The molecule has 0 aliphatic carbocycles. The van der Waals surface area contributed by atoms with Crippen molar-refractivity contribution in [1.82, 2.24) is 0 Å². The number of ether oxygens (including phenoxy) is 2. The fraction of sp³-hybridized carbons (Fsp3) is 0.600. The fourth-order valence-electron chi connectivity index (χ4n) is 0.497. The largest absolute Gasteiger partial charge is 0.459 e. The highest BCUT2D eigenvalue weighted by molar-refractivity contribution is 6.17. The first-order chi connectivity index (χ1) is 3.93. The fourth-order valence-corrected chi connectivity index (χ4v) is 0.675. The van der Waals surface area contributed by atoms with E-state index in [9.17, 15) is 0 Å². The Morgan fingerprint density at radius 3 is 2.50 bits per heavy atom. The van der Waals surface area contributed by atoms with E-state index in [1.54, 1.807) is 0 Å². The lowest BCUT2D eigenvalue weighted by Crippen LogP contribution is -2.06. The van der Waals surface area contributed by atoms with Crippen molar-refractivity contribution < 1.29 is 9.47 Å². The van der Waals surface area contributed by atoms with Crippen LogP contribution in [0.25, 0.3) is 0 Å². The van der Waals surface area contributed by atoms with Gasteiger partial charge in [0.25, 0.3) is 0 Å². The highest BCUT2D eigenvalue weighted by Crippen LogP contribution is 2.08. The van der Waals surface area contributed by atoms with Crippen LogP contribution in [0.3, 0.4) is 0 Å². The van der Waals surface area contributed by atoms with E-state index in [0.29, 0.717) is 5.88 Å². The lowest BCUT2D eigenvalue weighted by molar-refractivity contribution is -0.0234. The van der Waals surface area contributed by atoms with Crippen LogP contribution >= 0.6 is 11.6 Å². The number of alkyl halides is 1. The predicted molar refractivity (Wildman–Crippen MR) is 30.4 cm³/mol. The minimum Gasteiger partial charge on any atom is -0.459 e. The maximum absolute atomic E-state index is 5.39. The van der Waals surface area contributed by atoms with Gasteiger partial charge in [-0.25, -0.2) is 0 Å². The second kappa shape index (κ2) is 2.82. The van der Waals surface area contributed by atoms with Crippen LogP contribution in [0.5, 0.6) is 0 Å². The summed E-state index contributed by atoms with van der Waals surface area (Å²) in [5, 5.41) is 0. The molecular formula is C5H7ClO2. The van der Waals surface area contributed by atoms with Crippen molar-refractivity contribution in [3.8, 4) is 0 Å². The van der Waals surface area contributed by atoms with Gasteiger partial charge in [-0.2, -0.15) is 0 Å². The first-order valence-electron chi connectivity index (χ1n) is 2.45. The summed E-state index contributed by atoms with van der Waals surface area (Å²) >= 11 is 5.39. The molecule has 8 heavy (non-hydrogen) atoms. The minimum atomic E-state index is -0.132. The van der Waals surface area contributed by atoms with E-state index in [4.69, 9.17) is 21.1 Å². The van der Waals surface area contributed by atoms with Gasteiger partial charge >= 0.3 is 0 Å². The van der Waals surface area contributed by atoms with E-state index in [1.165, 1.54) is 12.5 Å². The molecule has 1 heterocycles. The zero-order valence-corrected chi connectivity index (χ0v) is 5.10. The van der Waals surface area contributed by atoms with Crippen LogP contribution in [0.1, 0.15) is 6.42 Å². The van der Waals surface area contributed by atoms with Crippen molar-refractivity contribution >= 4 is 11.6 Å². The van der Waals surface area contributed by atoms with Gasteiger partial charge in [0.05, 0.1) is 0 Å². The predicted octanol–water partition coefficient (Wildman–Crippen LogP) is 1.46. The normalized spacial score (nSPS) is 18.1. The van der Waals surface area contributed by atoms with Crippen LogP contribution in [0.4, 0.5) is 0 Å². The molecule has 0 atom stereocenters. The Labute approximate surface area is 53.0 Å². The topological polar surface area (TPSA) is 18.5 Å². The Kier molecular flexibility index (Phi) is 2.03. The third kappa shape index (κ3) is 1.30. The van der Waals surface area contributed by atoms with Gasteiger partial charge in [0.15, 0.2) is 0 Å². The first kappa shape index (κ1) is 5.76. The molecule has 0 unspecified atom stereocenters. The molecule has 0 spiro atoms. The summed E-state index contributed by atoms with van der Waals surface area (Å²) in [4.78, 5) is 0. The molecule has 0 N–H and O–H groups in total. The monoisotopic (exact) mass is 134 g/mol. The van der Waals surface area contributed by atoms with Gasteiger partial charge in [-0.3, -0.25) is 0 Å². The van der Waals surface area contributed by atoms with Crippen molar-refractivity contribution in [1.29, 1.82) is 0 Å². The van der Waals surface area contributed by atoms with Crippen molar-refractivity contribution in [3.05, 3.63) is 12.5 Å². The van der Waals surface area contributed by atoms with Gasteiger partial charge in [-0.1, -0.05) is 0 Å². The molecule has 0 saturated carbocycles. The standard InChI is InChI=1S/C5H7ClO2/c6-2-1-5-7-3-4-8-5/h3-5H,1-2H2. The highest BCUT2D eigenvalue weighted by atomic mass is 35.5. The maximum atomic E-state index is 5.39. The molecule has 0 fully saturated rings. The molecule has 1 aliphatic heterocycles. The Balaban J connectivity index is 2.10. The number of hydrogen-bond donors (Lipinski definition) is 0. The molecule has 3 heteroatoms. The smallest absolute Gasteiger partial charge is 0.240 e. The maximum Gasteiger partial charge on any atom is 0.240 e. The second-order valence-corrected chi connectivity index (χ2v) is 1.83. The number of rotatable bonds is 2. The molecular weight excluding hydrogens is 128 g/mol. The third-order valence-electron chi connectivity index (χ3n) is 0.861. The van der Waals surface area contributed by atoms with Crippen LogP contribution < -0.4 is 0 Å². The molecule has 0 saturated heterocycles. The van der Waals surface area contributed by atoms with Gasteiger partial charge < -0.3 is 9.47 Å². The van der Waals surface area contributed by atoms with Crippen molar-refractivity contribution in [2.24, 2.45) is 0 Å².